The number of allylic oxidation sites excluding steroid dienone is 4. The fourth-order valence-corrected chi connectivity index (χ4v) is 9.01. The number of rotatable bonds is 16. The molecule has 0 radical (unpaired) electrons. The molecular weight excluding hydrogens is 554 g/mol. The lowest BCUT2D eigenvalue weighted by atomic mass is 9.60. The summed E-state index contributed by atoms with van der Waals surface area (Å²) < 4.78 is 26.5. The van der Waals surface area contributed by atoms with Gasteiger partial charge in [-0.05, 0) is 51.5 Å². The monoisotopic (exact) mass is 594 g/mol. The van der Waals surface area contributed by atoms with Gasteiger partial charge in [0.1, 0.15) is 0 Å². The van der Waals surface area contributed by atoms with Crippen molar-refractivity contribution in [3.8, 4) is 0 Å². The van der Waals surface area contributed by atoms with Crippen molar-refractivity contribution in [2.75, 3.05) is 0 Å². The second-order valence-electron chi connectivity index (χ2n) is 10.4. The summed E-state index contributed by atoms with van der Waals surface area (Å²) in [5.41, 5.74) is 20.2. The van der Waals surface area contributed by atoms with E-state index >= 15 is 0 Å². The normalized spacial score (nSPS) is 19.0. The van der Waals surface area contributed by atoms with Crippen molar-refractivity contribution in [3.05, 3.63) is 22.8 Å². The average molecular weight is 595 g/mol. The number of carbonyl (C=O) groups is 4. The standard InChI is InChI=1S/C23H40N4O10P2/c1-14-4-9-21(3,23(39(35,36)37,12-7-18(26)30)13-8-19(27)31)15(2)20(14)22(38(32,33)34,10-5-16(24)28)11-6-17(25)29/h4H,5-13H2,1-3H3,(H2,24,28)(H2,25,29)(H2,26,30)(H2,27,31)(H2,32,33,34)(H2,35,36,37). The molecule has 14 nitrogen and oxygen atoms in total. The molecular formula is C23H40N4O10P2. The fraction of sp³-hybridized carbons (Fsp3) is 0.652. The van der Waals surface area contributed by atoms with Crippen LogP contribution in [0.25, 0.3) is 0 Å². The Bertz CT molecular complexity index is 1130. The van der Waals surface area contributed by atoms with Gasteiger partial charge in [0.2, 0.25) is 23.6 Å². The lowest BCUT2D eigenvalue weighted by Crippen LogP contribution is -2.50. The van der Waals surface area contributed by atoms with Crippen LogP contribution in [0.4, 0.5) is 0 Å². The van der Waals surface area contributed by atoms with Crippen molar-refractivity contribution >= 4 is 38.8 Å². The van der Waals surface area contributed by atoms with Gasteiger partial charge in [-0.15, -0.1) is 0 Å². The van der Waals surface area contributed by atoms with E-state index in [-0.39, 0.29) is 17.6 Å². The lowest BCUT2D eigenvalue weighted by Gasteiger charge is -2.53. The maximum Gasteiger partial charge on any atom is 0.336 e. The topological polar surface area (TPSA) is 287 Å². The maximum atomic E-state index is 13.3. The maximum absolute atomic E-state index is 13.3. The summed E-state index contributed by atoms with van der Waals surface area (Å²) in [6.07, 6.45) is -2.26. The Kier molecular flexibility index (Phi) is 11.1. The van der Waals surface area contributed by atoms with Crippen LogP contribution in [0.1, 0.15) is 78.6 Å². The Labute approximate surface area is 226 Å². The largest absolute Gasteiger partial charge is 0.370 e. The zero-order chi connectivity index (χ0) is 30.6. The molecule has 1 atom stereocenters. The first kappa shape index (κ1) is 34.7. The molecule has 0 heterocycles. The van der Waals surface area contributed by atoms with Crippen LogP contribution < -0.4 is 22.9 Å². The van der Waals surface area contributed by atoms with Gasteiger partial charge >= 0.3 is 15.2 Å². The third kappa shape index (κ3) is 7.25. The number of hydrogen-bond donors (Lipinski definition) is 8. The second kappa shape index (κ2) is 12.4. The van der Waals surface area contributed by atoms with Crippen LogP contribution in [0.3, 0.4) is 0 Å². The van der Waals surface area contributed by atoms with E-state index < -0.39 is 106 Å². The van der Waals surface area contributed by atoms with E-state index in [0.717, 1.165) is 0 Å². The van der Waals surface area contributed by atoms with Crippen molar-refractivity contribution in [1.29, 1.82) is 0 Å². The van der Waals surface area contributed by atoms with Crippen LogP contribution >= 0.6 is 15.2 Å². The summed E-state index contributed by atoms with van der Waals surface area (Å²) in [7, 11) is -10.4. The molecule has 222 valence electrons. The predicted octanol–water partition coefficient (Wildman–Crippen LogP) is 0.554. The van der Waals surface area contributed by atoms with Gasteiger partial charge in [0.25, 0.3) is 0 Å². The van der Waals surface area contributed by atoms with Crippen molar-refractivity contribution in [2.45, 2.75) is 88.9 Å². The molecule has 0 aromatic carbocycles. The highest BCUT2D eigenvalue weighted by molar-refractivity contribution is 7.54. The molecule has 1 aliphatic rings. The zero-order valence-electron chi connectivity index (χ0n) is 22.4. The summed E-state index contributed by atoms with van der Waals surface area (Å²) in [5.74, 6) is -3.43. The molecule has 1 aliphatic carbocycles. The molecule has 0 aliphatic heterocycles. The molecule has 0 spiro atoms. The smallest absolute Gasteiger partial charge is 0.336 e. The first-order valence-corrected chi connectivity index (χ1v) is 15.4. The van der Waals surface area contributed by atoms with E-state index in [4.69, 9.17) is 22.9 Å². The van der Waals surface area contributed by atoms with E-state index in [1.165, 1.54) is 13.8 Å². The van der Waals surface area contributed by atoms with Crippen molar-refractivity contribution < 1.29 is 47.9 Å². The molecule has 1 rings (SSSR count). The molecule has 12 N–H and O–H groups in total. The summed E-state index contributed by atoms with van der Waals surface area (Å²) in [4.78, 5) is 89.8. The molecule has 0 aromatic heterocycles. The number of hydrogen-bond acceptors (Lipinski definition) is 6. The predicted molar refractivity (Wildman–Crippen MR) is 142 cm³/mol. The van der Waals surface area contributed by atoms with Gasteiger partial charge in [-0.25, -0.2) is 0 Å². The van der Waals surface area contributed by atoms with Crippen molar-refractivity contribution in [2.24, 2.45) is 28.3 Å². The van der Waals surface area contributed by atoms with E-state index in [0.29, 0.717) is 5.57 Å². The minimum Gasteiger partial charge on any atom is -0.370 e. The van der Waals surface area contributed by atoms with Gasteiger partial charge in [0.15, 0.2) is 0 Å². The highest BCUT2D eigenvalue weighted by Crippen LogP contribution is 2.70. The second-order valence-corrected chi connectivity index (χ2v) is 14.3. The molecule has 0 fully saturated rings. The van der Waals surface area contributed by atoms with E-state index in [1.54, 1.807) is 13.0 Å². The van der Waals surface area contributed by atoms with Crippen LogP contribution in [0.2, 0.25) is 0 Å². The minimum atomic E-state index is -5.23. The van der Waals surface area contributed by atoms with Crippen molar-refractivity contribution in [1.82, 2.24) is 0 Å². The third-order valence-electron chi connectivity index (χ3n) is 8.16. The Morgan fingerprint density at radius 3 is 1.44 bits per heavy atom. The van der Waals surface area contributed by atoms with Gasteiger partial charge < -0.3 is 42.5 Å². The van der Waals surface area contributed by atoms with E-state index in [9.17, 15) is 47.9 Å². The van der Waals surface area contributed by atoms with Gasteiger partial charge in [-0.2, -0.15) is 0 Å². The zero-order valence-corrected chi connectivity index (χ0v) is 24.2. The van der Waals surface area contributed by atoms with Crippen LogP contribution in [-0.4, -0.2) is 53.5 Å². The summed E-state index contributed by atoms with van der Waals surface area (Å²) >= 11 is 0. The lowest BCUT2D eigenvalue weighted by molar-refractivity contribution is -0.119. The van der Waals surface area contributed by atoms with Crippen LogP contribution in [0.15, 0.2) is 22.8 Å². The third-order valence-corrected chi connectivity index (χ3v) is 12.0. The SMILES string of the molecule is CC1=CCC(C)(C(CCC(N)=O)(CCC(N)=O)P(=O)(O)O)C(C)=C1C(CCC(N)=O)(CCC(N)=O)P(=O)(O)O. The number of primary amides is 4. The van der Waals surface area contributed by atoms with Gasteiger partial charge in [0, 0.05) is 31.1 Å². The molecule has 0 saturated heterocycles. The summed E-state index contributed by atoms with van der Waals surface area (Å²) in [5, 5.41) is -4.28. The highest BCUT2D eigenvalue weighted by atomic mass is 31.2. The van der Waals surface area contributed by atoms with Crippen molar-refractivity contribution in [3.63, 3.8) is 0 Å². The Balaban J connectivity index is 4.22. The highest BCUT2D eigenvalue weighted by Gasteiger charge is 2.62. The Hall–Kier alpha value is -2.34. The Morgan fingerprint density at radius 2 is 1.13 bits per heavy atom. The molecule has 0 bridgehead atoms. The summed E-state index contributed by atoms with van der Waals surface area (Å²) in [6, 6.07) is 0. The van der Waals surface area contributed by atoms with E-state index in [1.807, 2.05) is 0 Å². The number of amides is 4. The van der Waals surface area contributed by atoms with Gasteiger partial charge in [-0.3, -0.25) is 28.3 Å². The average Bonchev–Trinajstić information content (AvgIpc) is 2.75. The first-order valence-electron chi connectivity index (χ1n) is 12.2. The number of carbonyl (C=O) groups excluding carboxylic acids is 4. The summed E-state index contributed by atoms with van der Waals surface area (Å²) in [6.45, 7) is 4.46. The molecule has 39 heavy (non-hydrogen) atoms. The minimum absolute atomic E-state index is 0.00283. The van der Waals surface area contributed by atoms with Crippen LogP contribution in [0, 0.1) is 5.41 Å². The van der Waals surface area contributed by atoms with Crippen LogP contribution in [0.5, 0.6) is 0 Å². The molecule has 0 saturated carbocycles. The quantitative estimate of drug-likeness (QED) is 0.115. The molecule has 16 heteroatoms. The fourth-order valence-electron chi connectivity index (χ4n) is 5.86. The Morgan fingerprint density at radius 1 is 0.769 bits per heavy atom. The molecule has 1 unspecified atom stereocenters. The van der Waals surface area contributed by atoms with Gasteiger partial charge in [-0.1, -0.05) is 24.1 Å². The van der Waals surface area contributed by atoms with Crippen LogP contribution in [-0.2, 0) is 28.3 Å². The molecule has 0 aromatic rings. The number of nitrogens with two attached hydrogens (primary N) is 4. The first-order chi connectivity index (χ1) is 17.6. The van der Waals surface area contributed by atoms with Gasteiger partial charge in [0.05, 0.1) is 10.3 Å². The molecule has 4 amide bonds. The van der Waals surface area contributed by atoms with E-state index in [2.05, 4.69) is 0 Å².